The molecule has 10 nitrogen and oxygen atoms in total. The first-order chi connectivity index (χ1) is 14.4. The molecule has 3 N–H and O–H groups in total. The quantitative estimate of drug-likeness (QED) is 0.645. The van der Waals surface area contributed by atoms with Crippen molar-refractivity contribution in [2.24, 2.45) is 0 Å². The van der Waals surface area contributed by atoms with Crippen molar-refractivity contribution in [2.45, 2.75) is 25.9 Å². The Morgan fingerprint density at radius 1 is 1.20 bits per heavy atom. The maximum atomic E-state index is 12.4. The summed E-state index contributed by atoms with van der Waals surface area (Å²) in [7, 11) is 1.59. The summed E-state index contributed by atoms with van der Waals surface area (Å²) >= 11 is 1.43. The van der Waals surface area contributed by atoms with Gasteiger partial charge < -0.3 is 20.2 Å². The number of methoxy groups -OCH3 is 1. The number of piperazine rings is 1. The Labute approximate surface area is 177 Å². The van der Waals surface area contributed by atoms with Crippen LogP contribution in [0.25, 0.3) is 10.3 Å². The Hall–Kier alpha value is -3.18. The van der Waals surface area contributed by atoms with Gasteiger partial charge in [-0.1, -0.05) is 0 Å². The molecule has 1 aliphatic rings. The third kappa shape index (κ3) is 4.07. The van der Waals surface area contributed by atoms with E-state index < -0.39 is 6.09 Å². The number of hydroxylamine groups is 2. The SMILES string of the molecule is COc1ccc(NC(=O)ON2C[C@H](C)N(c3nc(N)nc4scnc34)C[C@H]2C)cc1. The molecular weight excluding hydrogens is 406 g/mol. The van der Waals surface area contributed by atoms with Gasteiger partial charge in [-0.05, 0) is 38.1 Å². The molecule has 0 aliphatic carbocycles. The fourth-order valence-corrected chi connectivity index (χ4v) is 4.06. The van der Waals surface area contributed by atoms with Crippen LogP contribution in [0.1, 0.15) is 13.8 Å². The molecule has 0 unspecified atom stereocenters. The minimum absolute atomic E-state index is 0.0224. The fourth-order valence-electron chi connectivity index (χ4n) is 3.40. The number of amides is 1. The summed E-state index contributed by atoms with van der Waals surface area (Å²) in [5.41, 5.74) is 8.99. The van der Waals surface area contributed by atoms with Gasteiger partial charge in [-0.3, -0.25) is 5.32 Å². The van der Waals surface area contributed by atoms with Crippen LogP contribution in [0.3, 0.4) is 0 Å². The van der Waals surface area contributed by atoms with Gasteiger partial charge in [-0.2, -0.15) is 4.98 Å². The summed E-state index contributed by atoms with van der Waals surface area (Å²) in [4.78, 5) is 33.9. The monoisotopic (exact) mass is 429 g/mol. The molecule has 1 fully saturated rings. The number of nitrogens with one attached hydrogen (secondary N) is 1. The van der Waals surface area contributed by atoms with E-state index in [1.165, 1.54) is 11.3 Å². The lowest BCUT2D eigenvalue weighted by atomic mass is 10.1. The van der Waals surface area contributed by atoms with Crippen LogP contribution in [-0.4, -0.2) is 58.4 Å². The number of carbonyl (C=O) groups is 1. The van der Waals surface area contributed by atoms with E-state index in [2.05, 4.69) is 25.2 Å². The number of ether oxygens (including phenoxy) is 1. The van der Waals surface area contributed by atoms with Gasteiger partial charge in [-0.25, -0.2) is 14.8 Å². The van der Waals surface area contributed by atoms with Crippen LogP contribution in [-0.2, 0) is 4.84 Å². The molecule has 3 aromatic rings. The minimum atomic E-state index is -0.541. The van der Waals surface area contributed by atoms with Gasteiger partial charge in [0.25, 0.3) is 0 Å². The molecule has 30 heavy (non-hydrogen) atoms. The number of carbonyl (C=O) groups excluding carboxylic acids is 1. The highest BCUT2D eigenvalue weighted by Gasteiger charge is 2.34. The average molecular weight is 430 g/mol. The topological polar surface area (TPSA) is 119 Å². The first-order valence-corrected chi connectivity index (χ1v) is 10.4. The van der Waals surface area contributed by atoms with Crippen LogP contribution in [0, 0.1) is 0 Å². The number of benzene rings is 1. The van der Waals surface area contributed by atoms with Crippen molar-refractivity contribution in [3.63, 3.8) is 0 Å². The zero-order valence-electron chi connectivity index (χ0n) is 16.9. The van der Waals surface area contributed by atoms with Crippen LogP contribution in [0.5, 0.6) is 5.75 Å². The van der Waals surface area contributed by atoms with E-state index in [-0.39, 0.29) is 18.0 Å². The van der Waals surface area contributed by atoms with Gasteiger partial charge in [-0.15, -0.1) is 16.4 Å². The highest BCUT2D eigenvalue weighted by atomic mass is 32.1. The standard InChI is InChI=1S/C19H23N7O3S/c1-11-9-26(29-19(27)22-13-4-6-14(28-3)7-5-13)12(2)8-25(11)16-15-17(30-10-21-15)24-18(20)23-16/h4-7,10-12H,8-9H2,1-3H3,(H,22,27)(H2,20,23,24)/t11-,12+/m0/s1. The molecule has 2 aromatic heterocycles. The number of rotatable bonds is 4. The maximum absolute atomic E-state index is 12.4. The Balaban J connectivity index is 1.43. The predicted octanol–water partition coefficient (Wildman–Crippen LogP) is 2.74. The van der Waals surface area contributed by atoms with E-state index in [0.717, 1.165) is 10.3 Å². The van der Waals surface area contributed by atoms with Crippen LogP contribution in [0.15, 0.2) is 29.8 Å². The van der Waals surface area contributed by atoms with Crippen LogP contribution in [0.4, 0.5) is 22.2 Å². The summed E-state index contributed by atoms with van der Waals surface area (Å²) in [6, 6.07) is 7.00. The number of nitrogens with zero attached hydrogens (tertiary/aromatic N) is 5. The van der Waals surface area contributed by atoms with Gasteiger partial charge >= 0.3 is 6.09 Å². The van der Waals surface area contributed by atoms with Crippen molar-refractivity contribution in [3.8, 4) is 5.75 Å². The number of hydrogen-bond acceptors (Lipinski definition) is 10. The minimum Gasteiger partial charge on any atom is -0.497 e. The second-order valence-electron chi connectivity index (χ2n) is 7.09. The molecule has 11 heteroatoms. The first-order valence-electron chi connectivity index (χ1n) is 9.47. The first kappa shape index (κ1) is 20.1. The molecule has 2 atom stereocenters. The van der Waals surface area contributed by atoms with Crippen LogP contribution < -0.4 is 20.7 Å². The second kappa shape index (κ2) is 8.28. The molecule has 0 saturated carbocycles. The molecule has 158 valence electrons. The highest BCUT2D eigenvalue weighted by molar-refractivity contribution is 7.16. The van der Waals surface area contributed by atoms with Gasteiger partial charge in [0.15, 0.2) is 10.6 Å². The molecule has 1 saturated heterocycles. The predicted molar refractivity (Wildman–Crippen MR) is 116 cm³/mol. The summed E-state index contributed by atoms with van der Waals surface area (Å²) in [6.45, 7) is 5.13. The van der Waals surface area contributed by atoms with E-state index in [0.29, 0.717) is 30.3 Å². The third-order valence-electron chi connectivity index (χ3n) is 4.93. The number of nitrogen functional groups attached to an aromatic ring is 1. The van der Waals surface area contributed by atoms with Crippen molar-refractivity contribution in [1.29, 1.82) is 0 Å². The zero-order chi connectivity index (χ0) is 21.3. The van der Waals surface area contributed by atoms with E-state index in [9.17, 15) is 4.79 Å². The van der Waals surface area contributed by atoms with E-state index in [1.807, 2.05) is 13.8 Å². The number of thiazole rings is 1. The maximum Gasteiger partial charge on any atom is 0.430 e. The average Bonchev–Trinajstić information content (AvgIpc) is 3.19. The van der Waals surface area contributed by atoms with E-state index >= 15 is 0 Å². The molecule has 0 radical (unpaired) electrons. The Morgan fingerprint density at radius 3 is 2.70 bits per heavy atom. The molecule has 0 bridgehead atoms. The van der Waals surface area contributed by atoms with E-state index in [1.54, 1.807) is 41.9 Å². The lowest BCUT2D eigenvalue weighted by Gasteiger charge is -2.43. The highest BCUT2D eigenvalue weighted by Crippen LogP contribution is 2.30. The third-order valence-corrected chi connectivity index (χ3v) is 5.65. The van der Waals surface area contributed by atoms with Gasteiger partial charge in [0.05, 0.1) is 25.2 Å². The smallest absolute Gasteiger partial charge is 0.430 e. The normalized spacial score (nSPS) is 19.6. The summed E-state index contributed by atoms with van der Waals surface area (Å²) < 4.78 is 5.12. The lowest BCUT2D eigenvalue weighted by Crippen LogP contribution is -2.57. The second-order valence-corrected chi connectivity index (χ2v) is 7.93. The molecule has 1 amide bonds. The molecule has 4 rings (SSSR count). The van der Waals surface area contributed by atoms with Crippen molar-refractivity contribution in [3.05, 3.63) is 29.8 Å². The van der Waals surface area contributed by atoms with Crippen molar-refractivity contribution in [1.82, 2.24) is 20.0 Å². The van der Waals surface area contributed by atoms with Crippen molar-refractivity contribution >= 4 is 45.2 Å². The molecule has 0 spiro atoms. The van der Waals surface area contributed by atoms with Gasteiger partial charge in [0.1, 0.15) is 11.3 Å². The molecule has 1 aliphatic heterocycles. The number of anilines is 3. The number of hydrogen-bond donors (Lipinski definition) is 2. The van der Waals surface area contributed by atoms with Gasteiger partial charge in [0, 0.05) is 18.3 Å². The van der Waals surface area contributed by atoms with E-state index in [4.69, 9.17) is 15.3 Å². The lowest BCUT2D eigenvalue weighted by molar-refractivity contribution is -0.132. The van der Waals surface area contributed by atoms with Crippen LogP contribution in [0.2, 0.25) is 0 Å². The van der Waals surface area contributed by atoms with Crippen molar-refractivity contribution < 1.29 is 14.4 Å². The van der Waals surface area contributed by atoms with Crippen molar-refractivity contribution in [2.75, 3.05) is 36.1 Å². The molecule has 1 aromatic carbocycles. The Bertz CT molecular complexity index is 1040. The number of nitrogens with two attached hydrogens (primary N) is 1. The molecule has 3 heterocycles. The summed E-state index contributed by atoms with van der Waals surface area (Å²) in [6.07, 6.45) is -0.541. The summed E-state index contributed by atoms with van der Waals surface area (Å²) in [5, 5.41) is 4.41. The zero-order valence-corrected chi connectivity index (χ0v) is 17.7. The van der Waals surface area contributed by atoms with Gasteiger partial charge in [0.2, 0.25) is 5.95 Å². The Kier molecular flexibility index (Phi) is 5.55. The Morgan fingerprint density at radius 2 is 1.97 bits per heavy atom. The molecular formula is C19H23N7O3S. The largest absolute Gasteiger partial charge is 0.497 e. The van der Waals surface area contributed by atoms with Crippen LogP contribution >= 0.6 is 11.3 Å². The number of aromatic nitrogens is 3. The summed E-state index contributed by atoms with van der Waals surface area (Å²) in [5.74, 6) is 1.65. The fraction of sp³-hybridized carbons (Fsp3) is 0.368. The number of fused-ring (bicyclic) bond motifs is 1.